The van der Waals surface area contributed by atoms with Crippen LogP contribution in [0, 0.1) is 0 Å². The molecule has 0 bridgehead atoms. The second-order valence-corrected chi connectivity index (χ2v) is 5.01. The molecule has 0 amide bonds. The van der Waals surface area contributed by atoms with Gasteiger partial charge in [-0.2, -0.15) is 13.2 Å². The number of aromatic nitrogens is 2. The standard InChI is InChI=1S/C12H16ClF3N4/c13-2-1-3-19-4-6-20(7-5-19)11-8-10(12(14,15)16)17-9-18-11/h8-9H,1-7H2. The number of piperazine rings is 1. The number of anilines is 1. The maximum atomic E-state index is 12.6. The first-order valence-corrected chi connectivity index (χ1v) is 6.96. The quantitative estimate of drug-likeness (QED) is 0.799. The Hall–Kier alpha value is -1.08. The molecule has 1 saturated heterocycles. The van der Waals surface area contributed by atoms with Crippen LogP contribution in [0.4, 0.5) is 19.0 Å². The van der Waals surface area contributed by atoms with Gasteiger partial charge in [0.15, 0.2) is 0 Å². The maximum absolute atomic E-state index is 12.6. The van der Waals surface area contributed by atoms with Gasteiger partial charge in [0.25, 0.3) is 0 Å². The average molecular weight is 309 g/mol. The van der Waals surface area contributed by atoms with Gasteiger partial charge < -0.3 is 4.90 Å². The van der Waals surface area contributed by atoms with E-state index in [2.05, 4.69) is 14.9 Å². The molecule has 1 fully saturated rings. The fourth-order valence-corrected chi connectivity index (χ4v) is 2.28. The summed E-state index contributed by atoms with van der Waals surface area (Å²) in [5.41, 5.74) is -0.896. The van der Waals surface area contributed by atoms with E-state index in [0.29, 0.717) is 24.8 Å². The number of alkyl halides is 4. The fourth-order valence-electron chi connectivity index (χ4n) is 2.16. The van der Waals surface area contributed by atoms with Gasteiger partial charge in [0.1, 0.15) is 17.8 Å². The van der Waals surface area contributed by atoms with Crippen LogP contribution < -0.4 is 4.90 Å². The minimum absolute atomic E-state index is 0.337. The molecule has 0 spiro atoms. The summed E-state index contributed by atoms with van der Waals surface area (Å²) in [5, 5.41) is 0. The zero-order chi connectivity index (χ0) is 14.6. The van der Waals surface area contributed by atoms with Crippen molar-refractivity contribution < 1.29 is 13.2 Å². The van der Waals surface area contributed by atoms with Gasteiger partial charge >= 0.3 is 6.18 Å². The molecule has 0 aliphatic carbocycles. The van der Waals surface area contributed by atoms with E-state index >= 15 is 0 Å². The number of halogens is 4. The van der Waals surface area contributed by atoms with Crippen molar-refractivity contribution in [2.24, 2.45) is 0 Å². The van der Waals surface area contributed by atoms with Crippen LogP contribution >= 0.6 is 11.6 Å². The van der Waals surface area contributed by atoms with E-state index in [1.54, 1.807) is 0 Å². The first kappa shape index (κ1) is 15.3. The minimum atomic E-state index is -4.43. The second kappa shape index (κ2) is 6.58. The van der Waals surface area contributed by atoms with Crippen LogP contribution in [0.2, 0.25) is 0 Å². The summed E-state index contributed by atoms with van der Waals surface area (Å²) < 4.78 is 37.8. The highest BCUT2D eigenvalue weighted by atomic mass is 35.5. The lowest BCUT2D eigenvalue weighted by atomic mass is 10.2. The van der Waals surface area contributed by atoms with E-state index in [0.717, 1.165) is 38.4 Å². The Balaban J connectivity index is 1.97. The van der Waals surface area contributed by atoms with E-state index in [9.17, 15) is 13.2 Å². The lowest BCUT2D eigenvalue weighted by Gasteiger charge is -2.35. The van der Waals surface area contributed by atoms with Gasteiger partial charge in [0.2, 0.25) is 0 Å². The summed E-state index contributed by atoms with van der Waals surface area (Å²) in [6.07, 6.45) is -2.54. The van der Waals surface area contributed by atoms with Gasteiger partial charge in [-0.3, -0.25) is 4.90 Å². The Labute approximate surface area is 120 Å². The molecule has 8 heteroatoms. The van der Waals surface area contributed by atoms with E-state index in [-0.39, 0.29) is 0 Å². The molecule has 1 aliphatic heterocycles. The number of nitrogens with zero attached hydrogens (tertiary/aromatic N) is 4. The molecule has 1 aromatic heterocycles. The van der Waals surface area contributed by atoms with Crippen molar-refractivity contribution in [1.82, 2.24) is 14.9 Å². The van der Waals surface area contributed by atoms with Crippen molar-refractivity contribution in [3.05, 3.63) is 18.1 Å². The molecular weight excluding hydrogens is 293 g/mol. The number of hydrogen-bond acceptors (Lipinski definition) is 4. The third kappa shape index (κ3) is 3.96. The molecule has 20 heavy (non-hydrogen) atoms. The largest absolute Gasteiger partial charge is 0.433 e. The molecule has 0 radical (unpaired) electrons. The molecule has 1 aliphatic rings. The van der Waals surface area contributed by atoms with Gasteiger partial charge in [0, 0.05) is 38.1 Å². The summed E-state index contributed by atoms with van der Waals surface area (Å²) in [4.78, 5) is 11.3. The highest BCUT2D eigenvalue weighted by Crippen LogP contribution is 2.29. The molecule has 1 aromatic rings. The SMILES string of the molecule is FC(F)(F)c1cc(N2CCN(CCCCl)CC2)ncn1. The Bertz CT molecular complexity index is 433. The first-order valence-electron chi connectivity index (χ1n) is 6.43. The Morgan fingerprint density at radius 1 is 1.15 bits per heavy atom. The molecule has 4 nitrogen and oxygen atoms in total. The molecule has 112 valence electrons. The van der Waals surface area contributed by atoms with Gasteiger partial charge in [-0.25, -0.2) is 9.97 Å². The van der Waals surface area contributed by atoms with Crippen LogP contribution in [-0.2, 0) is 6.18 Å². The van der Waals surface area contributed by atoms with Gasteiger partial charge in [-0.15, -0.1) is 11.6 Å². The van der Waals surface area contributed by atoms with Crippen molar-refractivity contribution in [2.75, 3.05) is 43.5 Å². The summed E-state index contributed by atoms with van der Waals surface area (Å²) in [7, 11) is 0. The van der Waals surface area contributed by atoms with Crippen molar-refractivity contribution in [3.8, 4) is 0 Å². The predicted molar refractivity (Wildman–Crippen MR) is 71.0 cm³/mol. The Morgan fingerprint density at radius 3 is 2.45 bits per heavy atom. The fraction of sp³-hybridized carbons (Fsp3) is 0.667. The third-order valence-corrected chi connectivity index (χ3v) is 3.51. The van der Waals surface area contributed by atoms with Gasteiger partial charge in [-0.05, 0) is 13.0 Å². The minimum Gasteiger partial charge on any atom is -0.354 e. The maximum Gasteiger partial charge on any atom is 0.433 e. The molecule has 0 N–H and O–H groups in total. The van der Waals surface area contributed by atoms with E-state index in [4.69, 9.17) is 11.6 Å². The van der Waals surface area contributed by atoms with Crippen LogP contribution in [-0.4, -0.2) is 53.5 Å². The van der Waals surface area contributed by atoms with Crippen LogP contribution in [0.3, 0.4) is 0 Å². The first-order chi connectivity index (χ1) is 9.50. The molecule has 0 aromatic carbocycles. The number of rotatable bonds is 4. The lowest BCUT2D eigenvalue weighted by molar-refractivity contribution is -0.141. The summed E-state index contributed by atoms with van der Waals surface area (Å²) in [6, 6.07) is 1.01. The predicted octanol–water partition coefficient (Wildman–Crippen LogP) is 2.25. The second-order valence-electron chi connectivity index (χ2n) is 4.63. The average Bonchev–Trinajstić information content (AvgIpc) is 2.45. The summed E-state index contributed by atoms with van der Waals surface area (Å²) in [6.45, 7) is 3.87. The third-order valence-electron chi connectivity index (χ3n) is 3.25. The van der Waals surface area contributed by atoms with Crippen LogP contribution in [0.25, 0.3) is 0 Å². The highest BCUT2D eigenvalue weighted by Gasteiger charge is 2.33. The monoisotopic (exact) mass is 308 g/mol. The van der Waals surface area contributed by atoms with Crippen LogP contribution in [0.1, 0.15) is 12.1 Å². The van der Waals surface area contributed by atoms with Gasteiger partial charge in [0.05, 0.1) is 0 Å². The van der Waals surface area contributed by atoms with Crippen molar-refractivity contribution in [2.45, 2.75) is 12.6 Å². The molecule has 2 rings (SSSR count). The van der Waals surface area contributed by atoms with Crippen LogP contribution in [0.5, 0.6) is 0 Å². The highest BCUT2D eigenvalue weighted by molar-refractivity contribution is 6.17. The Morgan fingerprint density at radius 2 is 1.85 bits per heavy atom. The topological polar surface area (TPSA) is 32.3 Å². The van der Waals surface area contributed by atoms with Crippen molar-refractivity contribution in [3.63, 3.8) is 0 Å². The molecular formula is C12H16ClF3N4. The van der Waals surface area contributed by atoms with Crippen molar-refractivity contribution in [1.29, 1.82) is 0 Å². The molecule has 0 saturated carbocycles. The summed E-state index contributed by atoms with van der Waals surface area (Å²) in [5.74, 6) is 0.963. The van der Waals surface area contributed by atoms with Crippen LogP contribution in [0.15, 0.2) is 12.4 Å². The zero-order valence-corrected chi connectivity index (χ0v) is 11.7. The van der Waals surface area contributed by atoms with Crippen molar-refractivity contribution >= 4 is 17.4 Å². The Kier molecular flexibility index (Phi) is 5.04. The zero-order valence-electron chi connectivity index (χ0n) is 10.9. The molecule has 0 atom stereocenters. The van der Waals surface area contributed by atoms with Gasteiger partial charge in [-0.1, -0.05) is 0 Å². The molecule has 2 heterocycles. The lowest BCUT2D eigenvalue weighted by Crippen LogP contribution is -2.47. The summed E-state index contributed by atoms with van der Waals surface area (Å²) >= 11 is 5.64. The smallest absolute Gasteiger partial charge is 0.354 e. The normalized spacial score (nSPS) is 17.5. The molecule has 0 unspecified atom stereocenters. The number of hydrogen-bond donors (Lipinski definition) is 0. The van der Waals surface area contributed by atoms with E-state index in [1.165, 1.54) is 0 Å². The van der Waals surface area contributed by atoms with E-state index in [1.807, 2.05) is 4.90 Å². The van der Waals surface area contributed by atoms with E-state index < -0.39 is 11.9 Å².